The van der Waals surface area contributed by atoms with Crippen LogP contribution in [0.25, 0.3) is 11.6 Å². The van der Waals surface area contributed by atoms with Gasteiger partial charge < -0.3 is 23.4 Å². The van der Waals surface area contributed by atoms with Gasteiger partial charge in [-0.1, -0.05) is 42.5 Å². The topological polar surface area (TPSA) is 126 Å². The van der Waals surface area contributed by atoms with Gasteiger partial charge in [0.15, 0.2) is 5.69 Å². The summed E-state index contributed by atoms with van der Waals surface area (Å²) in [5, 5.41) is 7.27. The van der Waals surface area contributed by atoms with E-state index < -0.39 is 89.0 Å². The Morgan fingerprint density at radius 1 is 0.885 bits per heavy atom. The Labute approximate surface area is 296 Å². The Bertz CT molecular complexity index is 1690. The van der Waals surface area contributed by atoms with Crippen molar-refractivity contribution in [2.24, 2.45) is 0 Å². The molecule has 11 nitrogen and oxygen atoms in total. The van der Waals surface area contributed by atoms with E-state index in [-0.39, 0.29) is 17.9 Å². The number of hydrogen-bond donors (Lipinski definition) is 0. The van der Waals surface area contributed by atoms with Gasteiger partial charge in [-0.2, -0.15) is 31.2 Å². The lowest BCUT2D eigenvalue weighted by atomic mass is 9.98. The molecular formula is C35H40F6N4O7. The molecule has 1 unspecified atom stereocenters. The minimum Gasteiger partial charge on any atom is -0.477 e. The number of anilines is 1. The Morgan fingerprint density at radius 3 is 1.98 bits per heavy atom. The molecule has 2 heterocycles. The van der Waals surface area contributed by atoms with Crippen LogP contribution in [-0.4, -0.2) is 51.4 Å². The Balaban J connectivity index is 2.38. The average Bonchev–Trinajstić information content (AvgIpc) is 3.50. The molecule has 0 radical (unpaired) electrons. The van der Waals surface area contributed by atoms with Crippen LogP contribution in [-0.2, 0) is 32.6 Å². The number of hydrogen-bond acceptors (Lipinski definition) is 10. The van der Waals surface area contributed by atoms with Crippen LogP contribution in [0.1, 0.15) is 77.8 Å². The van der Waals surface area contributed by atoms with Gasteiger partial charge in [0.05, 0.1) is 18.9 Å². The van der Waals surface area contributed by atoms with Gasteiger partial charge in [0.25, 0.3) is 11.8 Å². The predicted octanol–water partition coefficient (Wildman–Crippen LogP) is 9.72. The lowest BCUT2D eigenvalue weighted by molar-refractivity contribution is -0.295. The molecule has 0 aliphatic carbocycles. The molecule has 1 aromatic carbocycles. The fraction of sp³-hybridized carbons (Fsp3) is 0.457. The molecule has 0 saturated heterocycles. The molecule has 0 saturated carbocycles. The number of allylic oxidation sites excluding steroid dienone is 1. The second kappa shape index (κ2) is 16.2. The van der Waals surface area contributed by atoms with Gasteiger partial charge in [0.2, 0.25) is 11.5 Å². The van der Waals surface area contributed by atoms with Crippen molar-refractivity contribution < 1.29 is 59.3 Å². The van der Waals surface area contributed by atoms with Crippen molar-refractivity contribution in [3.8, 4) is 17.5 Å². The van der Waals surface area contributed by atoms with E-state index >= 15 is 0 Å². The summed E-state index contributed by atoms with van der Waals surface area (Å²) in [7, 11) is 0. The number of unbranched alkanes of at least 4 members (excludes halogenated alkanes) is 1. The zero-order chi connectivity index (χ0) is 39.1. The van der Waals surface area contributed by atoms with Crippen molar-refractivity contribution in [3.05, 3.63) is 78.7 Å². The standard InChI is InChI=1S/C35H40F6N4O7/c1-9-11-15-19-48-26-23(34(36,37)38)20-24(45(29(46)51-31(3,4)5)30(47)52-32(6,7)8)25(42-26)27-43-44-28(50-27)33(18-10-2,35(39,40)41)49-21-22-16-13-12-14-17-22/h9-10,12-14,16-17,20H,1-2,11,15,18-19,21H2,3-8H3. The van der Waals surface area contributed by atoms with Crippen LogP contribution in [0.5, 0.6) is 5.88 Å². The van der Waals surface area contributed by atoms with E-state index in [9.17, 15) is 35.9 Å². The smallest absolute Gasteiger partial charge is 0.426 e. The molecule has 0 N–H and O–H groups in total. The van der Waals surface area contributed by atoms with Gasteiger partial charge in [0.1, 0.15) is 16.8 Å². The van der Waals surface area contributed by atoms with Gasteiger partial charge in [-0.05, 0) is 66.0 Å². The largest absolute Gasteiger partial charge is 0.477 e. The molecule has 3 rings (SSSR count). The molecule has 3 aromatic rings. The lowest BCUT2D eigenvalue weighted by Gasteiger charge is -2.31. The van der Waals surface area contributed by atoms with Gasteiger partial charge in [-0.3, -0.25) is 0 Å². The minimum absolute atomic E-state index is 0.103. The number of ether oxygens (including phenoxy) is 4. The number of imide groups is 1. The minimum atomic E-state index is -5.21. The van der Waals surface area contributed by atoms with Crippen LogP contribution in [0.3, 0.4) is 0 Å². The van der Waals surface area contributed by atoms with Gasteiger partial charge in [0, 0.05) is 6.42 Å². The van der Waals surface area contributed by atoms with Crippen molar-refractivity contribution >= 4 is 17.9 Å². The number of pyridine rings is 1. The molecule has 284 valence electrons. The van der Waals surface area contributed by atoms with Crippen molar-refractivity contribution in [1.29, 1.82) is 0 Å². The molecule has 52 heavy (non-hydrogen) atoms. The normalized spacial score (nSPS) is 13.5. The first-order chi connectivity index (χ1) is 24.0. The maximum absolute atomic E-state index is 14.9. The van der Waals surface area contributed by atoms with E-state index in [1.54, 1.807) is 18.2 Å². The predicted molar refractivity (Wildman–Crippen MR) is 176 cm³/mol. The van der Waals surface area contributed by atoms with Crippen molar-refractivity contribution in [2.45, 2.75) is 96.6 Å². The molecule has 2 aromatic heterocycles. The van der Waals surface area contributed by atoms with Crippen molar-refractivity contribution in [3.63, 3.8) is 0 Å². The van der Waals surface area contributed by atoms with E-state index in [0.717, 1.165) is 6.08 Å². The number of carbonyl (C=O) groups excluding carboxylic acids is 2. The number of alkyl halides is 6. The van der Waals surface area contributed by atoms with Crippen LogP contribution >= 0.6 is 0 Å². The third-order valence-corrected chi connectivity index (χ3v) is 6.65. The highest BCUT2D eigenvalue weighted by atomic mass is 19.4. The van der Waals surface area contributed by atoms with Crippen LogP contribution < -0.4 is 9.64 Å². The number of halogens is 6. The fourth-order valence-corrected chi connectivity index (χ4v) is 4.40. The summed E-state index contributed by atoms with van der Waals surface area (Å²) in [5.74, 6) is -3.17. The van der Waals surface area contributed by atoms with E-state index in [2.05, 4.69) is 28.3 Å². The zero-order valence-corrected chi connectivity index (χ0v) is 29.5. The summed E-state index contributed by atoms with van der Waals surface area (Å²) in [4.78, 5) is 31.2. The third kappa shape index (κ3) is 10.6. The monoisotopic (exact) mass is 742 g/mol. The maximum atomic E-state index is 14.9. The number of benzene rings is 1. The highest BCUT2D eigenvalue weighted by Gasteiger charge is 2.61. The van der Waals surface area contributed by atoms with E-state index in [1.165, 1.54) is 59.8 Å². The average molecular weight is 743 g/mol. The highest BCUT2D eigenvalue weighted by Crippen LogP contribution is 2.47. The number of carbonyl (C=O) groups is 2. The van der Waals surface area contributed by atoms with Gasteiger partial charge >= 0.3 is 24.5 Å². The number of aromatic nitrogens is 3. The molecule has 2 amide bonds. The summed E-state index contributed by atoms with van der Waals surface area (Å²) >= 11 is 0. The quantitative estimate of drug-likeness (QED) is 0.0949. The first-order valence-corrected chi connectivity index (χ1v) is 15.8. The van der Waals surface area contributed by atoms with E-state index in [0.29, 0.717) is 18.1 Å². The first-order valence-electron chi connectivity index (χ1n) is 15.8. The molecule has 1 atom stereocenters. The molecule has 17 heteroatoms. The SMILES string of the molecule is C=CCCCOc1nc(-c2nnc(C(CC=C)(OCc3ccccc3)C(F)(F)F)o2)c(N(C(=O)OC(C)(C)C)C(=O)OC(C)(C)C)cc1C(F)(F)F. The summed E-state index contributed by atoms with van der Waals surface area (Å²) in [6.45, 7) is 14.6. The number of amides is 2. The molecule has 0 bridgehead atoms. The van der Waals surface area contributed by atoms with Crippen LogP contribution in [0.15, 0.2) is 66.1 Å². The zero-order valence-electron chi connectivity index (χ0n) is 29.5. The molecule has 0 fully saturated rings. The summed E-state index contributed by atoms with van der Waals surface area (Å²) < 4.78 is 115. The maximum Gasteiger partial charge on any atom is 0.426 e. The van der Waals surface area contributed by atoms with E-state index in [1.807, 2.05) is 0 Å². The number of nitrogens with zero attached hydrogens (tertiary/aromatic N) is 4. The van der Waals surface area contributed by atoms with Crippen LogP contribution in [0.2, 0.25) is 0 Å². The second-order valence-corrected chi connectivity index (χ2v) is 13.3. The summed E-state index contributed by atoms with van der Waals surface area (Å²) in [5.41, 5.74) is -8.91. The van der Waals surface area contributed by atoms with Crippen molar-refractivity contribution in [1.82, 2.24) is 15.2 Å². The van der Waals surface area contributed by atoms with Gasteiger partial charge in [-0.25, -0.2) is 14.6 Å². The lowest BCUT2D eigenvalue weighted by Crippen LogP contribution is -2.45. The molecular weight excluding hydrogens is 702 g/mol. The fourth-order valence-electron chi connectivity index (χ4n) is 4.40. The molecule has 0 aliphatic rings. The van der Waals surface area contributed by atoms with Crippen LogP contribution in [0.4, 0.5) is 41.6 Å². The molecule has 0 spiro atoms. The van der Waals surface area contributed by atoms with Crippen molar-refractivity contribution in [2.75, 3.05) is 11.5 Å². The van der Waals surface area contributed by atoms with Crippen LogP contribution in [0, 0.1) is 0 Å². The Hall–Kier alpha value is -4.93. The first kappa shape index (κ1) is 41.5. The second-order valence-electron chi connectivity index (χ2n) is 13.3. The van der Waals surface area contributed by atoms with E-state index in [4.69, 9.17) is 23.4 Å². The third-order valence-electron chi connectivity index (χ3n) is 6.65. The highest BCUT2D eigenvalue weighted by molar-refractivity contribution is 6.11. The number of rotatable bonds is 13. The Morgan fingerprint density at radius 2 is 1.48 bits per heavy atom. The Kier molecular flexibility index (Phi) is 12.9. The summed E-state index contributed by atoms with van der Waals surface area (Å²) in [6, 6.07) is 8.19. The van der Waals surface area contributed by atoms with Gasteiger partial charge in [-0.15, -0.1) is 23.4 Å². The molecule has 0 aliphatic heterocycles. The summed E-state index contributed by atoms with van der Waals surface area (Å²) in [6.07, 6.45) is -11.4.